The number of nitrogens with two attached hydrogens (primary N) is 1. The van der Waals surface area contributed by atoms with Crippen LogP contribution in [-0.4, -0.2) is 35.1 Å². The summed E-state index contributed by atoms with van der Waals surface area (Å²) in [4.78, 5) is 12.7. The Hall–Kier alpha value is -0.780. The molecule has 0 bridgehead atoms. The third-order valence-electron chi connectivity index (χ3n) is 2.64. The second-order valence-electron chi connectivity index (χ2n) is 5.36. The van der Waals surface area contributed by atoms with Crippen molar-refractivity contribution in [2.75, 3.05) is 6.54 Å². The van der Waals surface area contributed by atoms with Gasteiger partial charge in [-0.05, 0) is 33.1 Å². The fraction of sp³-hybridized carbons (Fsp3) is 0.909. The lowest BCUT2D eigenvalue weighted by Crippen LogP contribution is -2.42. The lowest BCUT2D eigenvalue weighted by Gasteiger charge is -2.25. The Morgan fingerprint density at radius 3 is 2.24 bits per heavy atom. The molecular formula is C11H19F3N2O. The molecule has 1 fully saturated rings. The predicted octanol–water partition coefficient (Wildman–Crippen LogP) is 2.06. The van der Waals surface area contributed by atoms with Gasteiger partial charge in [-0.3, -0.25) is 4.79 Å². The molecule has 0 aromatic heterocycles. The summed E-state index contributed by atoms with van der Waals surface area (Å²) >= 11 is 0. The van der Waals surface area contributed by atoms with Gasteiger partial charge in [0.25, 0.3) is 0 Å². The minimum atomic E-state index is -4.32. The Labute approximate surface area is 99.1 Å². The van der Waals surface area contributed by atoms with E-state index in [0.29, 0.717) is 19.3 Å². The average molecular weight is 252 g/mol. The first-order chi connectivity index (χ1) is 7.58. The molecule has 0 spiro atoms. The zero-order chi connectivity index (χ0) is 13.3. The number of hydrogen-bond donors (Lipinski definition) is 1. The first kappa shape index (κ1) is 14.3. The fourth-order valence-corrected chi connectivity index (χ4v) is 1.57. The molecular weight excluding hydrogens is 233 g/mol. The van der Waals surface area contributed by atoms with Crippen LogP contribution in [0, 0.1) is 0 Å². The zero-order valence-electron chi connectivity index (χ0n) is 10.2. The maximum Gasteiger partial charge on any atom is 0.406 e. The van der Waals surface area contributed by atoms with Crippen LogP contribution in [0.25, 0.3) is 0 Å². The van der Waals surface area contributed by atoms with Crippen LogP contribution in [0.15, 0.2) is 0 Å². The average Bonchev–Trinajstić information content (AvgIpc) is 2.90. The lowest BCUT2D eigenvalue weighted by atomic mass is 9.99. The number of halogens is 3. The molecule has 0 aliphatic heterocycles. The molecule has 3 nitrogen and oxygen atoms in total. The quantitative estimate of drug-likeness (QED) is 0.814. The molecule has 1 aliphatic carbocycles. The second kappa shape index (κ2) is 4.84. The number of hydrogen-bond acceptors (Lipinski definition) is 2. The third-order valence-corrected chi connectivity index (χ3v) is 2.64. The van der Waals surface area contributed by atoms with Crippen molar-refractivity contribution in [3.05, 3.63) is 0 Å². The van der Waals surface area contributed by atoms with Crippen LogP contribution < -0.4 is 5.73 Å². The zero-order valence-corrected chi connectivity index (χ0v) is 10.2. The van der Waals surface area contributed by atoms with Crippen LogP contribution in [0.3, 0.4) is 0 Å². The van der Waals surface area contributed by atoms with Crippen LogP contribution in [0.2, 0.25) is 0 Å². The Bertz CT molecular complexity index is 279. The van der Waals surface area contributed by atoms with Crippen molar-refractivity contribution in [1.82, 2.24) is 4.90 Å². The van der Waals surface area contributed by atoms with Gasteiger partial charge in [0.1, 0.15) is 6.54 Å². The molecule has 2 N–H and O–H groups in total. The molecule has 0 radical (unpaired) electrons. The summed E-state index contributed by atoms with van der Waals surface area (Å²) in [6.07, 6.45) is -2.50. The number of carbonyl (C=O) groups excluding carboxylic acids is 1. The van der Waals surface area contributed by atoms with E-state index in [9.17, 15) is 18.0 Å². The Kier molecular flexibility index (Phi) is 4.06. The van der Waals surface area contributed by atoms with Crippen molar-refractivity contribution in [2.45, 2.75) is 57.3 Å². The molecule has 0 saturated heterocycles. The molecule has 0 atom stereocenters. The van der Waals surface area contributed by atoms with Crippen molar-refractivity contribution < 1.29 is 18.0 Å². The van der Waals surface area contributed by atoms with Gasteiger partial charge in [-0.25, -0.2) is 0 Å². The van der Waals surface area contributed by atoms with Gasteiger partial charge in [-0.1, -0.05) is 0 Å². The topological polar surface area (TPSA) is 46.3 Å². The first-order valence-electron chi connectivity index (χ1n) is 5.73. The van der Waals surface area contributed by atoms with Crippen LogP contribution in [0.5, 0.6) is 0 Å². The molecule has 1 amide bonds. The number of alkyl halides is 3. The monoisotopic (exact) mass is 252 g/mol. The SMILES string of the molecule is CC(C)(N)CCC(=O)N(CC(F)(F)F)C1CC1. The smallest absolute Gasteiger partial charge is 0.331 e. The Morgan fingerprint density at radius 2 is 1.88 bits per heavy atom. The maximum absolute atomic E-state index is 12.3. The highest BCUT2D eigenvalue weighted by Gasteiger charge is 2.40. The minimum absolute atomic E-state index is 0.0794. The fourth-order valence-electron chi connectivity index (χ4n) is 1.57. The second-order valence-corrected chi connectivity index (χ2v) is 5.36. The Morgan fingerprint density at radius 1 is 1.35 bits per heavy atom. The molecule has 6 heteroatoms. The van der Waals surface area contributed by atoms with Crippen LogP contribution >= 0.6 is 0 Å². The van der Waals surface area contributed by atoms with E-state index >= 15 is 0 Å². The molecule has 0 aromatic rings. The number of rotatable bonds is 5. The predicted molar refractivity (Wildman–Crippen MR) is 58.3 cm³/mol. The molecule has 0 aromatic carbocycles. The highest BCUT2D eigenvalue weighted by atomic mass is 19.4. The summed E-state index contributed by atoms with van der Waals surface area (Å²) in [6.45, 7) is 2.37. The highest BCUT2D eigenvalue weighted by molar-refractivity contribution is 5.77. The van der Waals surface area contributed by atoms with Gasteiger partial charge in [-0.2, -0.15) is 13.2 Å². The third kappa shape index (κ3) is 5.91. The lowest BCUT2D eigenvalue weighted by molar-refractivity contribution is -0.162. The van der Waals surface area contributed by atoms with E-state index in [4.69, 9.17) is 5.73 Å². The van der Waals surface area contributed by atoms with Crippen molar-refractivity contribution in [3.8, 4) is 0 Å². The summed E-state index contributed by atoms with van der Waals surface area (Å²) in [7, 11) is 0. The summed E-state index contributed by atoms with van der Waals surface area (Å²) in [6, 6.07) is -0.218. The van der Waals surface area contributed by atoms with Crippen molar-refractivity contribution in [1.29, 1.82) is 0 Å². The molecule has 1 saturated carbocycles. The van der Waals surface area contributed by atoms with E-state index in [0.717, 1.165) is 4.90 Å². The van der Waals surface area contributed by atoms with E-state index < -0.39 is 24.2 Å². The van der Waals surface area contributed by atoms with Gasteiger partial charge in [0.05, 0.1) is 0 Å². The molecule has 17 heavy (non-hydrogen) atoms. The van der Waals surface area contributed by atoms with Crippen LogP contribution in [0.1, 0.15) is 39.5 Å². The largest absolute Gasteiger partial charge is 0.406 e. The standard InChI is InChI=1S/C11H19F3N2O/c1-10(2,15)6-5-9(17)16(8-3-4-8)7-11(12,13)14/h8H,3-7,15H2,1-2H3. The molecule has 1 rings (SSSR count). The minimum Gasteiger partial charge on any atom is -0.331 e. The first-order valence-corrected chi connectivity index (χ1v) is 5.73. The van der Waals surface area contributed by atoms with Gasteiger partial charge in [0.15, 0.2) is 0 Å². The Balaban J connectivity index is 2.50. The number of amides is 1. The van der Waals surface area contributed by atoms with Crippen LogP contribution in [-0.2, 0) is 4.79 Å². The number of carbonyl (C=O) groups is 1. The van der Waals surface area contributed by atoms with Gasteiger partial charge in [-0.15, -0.1) is 0 Å². The molecule has 0 unspecified atom stereocenters. The maximum atomic E-state index is 12.3. The van der Waals surface area contributed by atoms with Crippen LogP contribution in [0.4, 0.5) is 13.2 Å². The van der Waals surface area contributed by atoms with Crippen molar-refractivity contribution >= 4 is 5.91 Å². The normalized spacial score (nSPS) is 17.1. The van der Waals surface area contributed by atoms with E-state index in [1.54, 1.807) is 13.8 Å². The van der Waals surface area contributed by atoms with E-state index in [1.807, 2.05) is 0 Å². The molecule has 0 heterocycles. The van der Waals surface area contributed by atoms with E-state index in [2.05, 4.69) is 0 Å². The summed E-state index contributed by atoms with van der Waals surface area (Å²) in [5, 5.41) is 0. The van der Waals surface area contributed by atoms with E-state index in [1.165, 1.54) is 0 Å². The summed E-state index contributed by atoms with van der Waals surface area (Å²) < 4.78 is 36.9. The summed E-state index contributed by atoms with van der Waals surface area (Å²) in [5.41, 5.74) is 5.19. The van der Waals surface area contributed by atoms with Crippen molar-refractivity contribution in [2.24, 2.45) is 5.73 Å². The van der Waals surface area contributed by atoms with Gasteiger partial charge in [0.2, 0.25) is 5.91 Å². The van der Waals surface area contributed by atoms with Crippen molar-refractivity contribution in [3.63, 3.8) is 0 Å². The van der Waals surface area contributed by atoms with Gasteiger partial charge < -0.3 is 10.6 Å². The number of nitrogens with zero attached hydrogens (tertiary/aromatic N) is 1. The molecule has 100 valence electrons. The van der Waals surface area contributed by atoms with Gasteiger partial charge >= 0.3 is 6.18 Å². The van der Waals surface area contributed by atoms with E-state index in [-0.39, 0.29) is 12.5 Å². The highest BCUT2D eigenvalue weighted by Crippen LogP contribution is 2.31. The van der Waals surface area contributed by atoms with Gasteiger partial charge in [0, 0.05) is 18.0 Å². The summed E-state index contributed by atoms with van der Waals surface area (Å²) in [5.74, 6) is -0.441. The molecule has 1 aliphatic rings.